The molecule has 0 saturated heterocycles. The minimum Gasteiger partial charge on any atom is -0.348 e. The lowest BCUT2D eigenvalue weighted by atomic mass is 10.1. The van der Waals surface area contributed by atoms with Gasteiger partial charge in [-0.15, -0.1) is 0 Å². The summed E-state index contributed by atoms with van der Waals surface area (Å²) in [5.41, 5.74) is 2.53. The molecule has 9 heteroatoms. The lowest BCUT2D eigenvalue weighted by molar-refractivity contribution is -0.122. The van der Waals surface area contributed by atoms with Crippen molar-refractivity contribution in [3.63, 3.8) is 0 Å². The predicted molar refractivity (Wildman–Crippen MR) is 106 cm³/mol. The van der Waals surface area contributed by atoms with Crippen molar-refractivity contribution in [2.24, 2.45) is 0 Å². The first kappa shape index (κ1) is 19.9. The number of aromatic nitrogens is 5. The van der Waals surface area contributed by atoms with E-state index in [2.05, 4.69) is 20.6 Å². The molecule has 2 N–H and O–H groups in total. The van der Waals surface area contributed by atoms with Crippen LogP contribution in [-0.2, 0) is 17.8 Å². The van der Waals surface area contributed by atoms with Crippen LogP contribution in [-0.4, -0.2) is 30.5 Å². The quantitative estimate of drug-likeness (QED) is 0.594. The number of rotatable bonds is 7. The summed E-state index contributed by atoms with van der Waals surface area (Å²) in [6, 6.07) is 5.88. The van der Waals surface area contributed by atoms with E-state index in [1.807, 2.05) is 20.8 Å². The lowest BCUT2D eigenvalue weighted by Gasteiger charge is -2.15. The van der Waals surface area contributed by atoms with Crippen molar-refractivity contribution in [2.45, 2.75) is 46.2 Å². The van der Waals surface area contributed by atoms with Crippen LogP contribution in [0.25, 0.3) is 5.69 Å². The zero-order valence-corrected chi connectivity index (χ0v) is 16.9. The summed E-state index contributed by atoms with van der Waals surface area (Å²) in [5, 5.41) is 14.3. The Bertz CT molecular complexity index is 1020. The number of nitrogens with one attached hydrogen (secondary N) is 2. The molecule has 0 aliphatic rings. The van der Waals surface area contributed by atoms with Crippen LogP contribution in [0.2, 0.25) is 0 Å². The number of benzene rings is 1. The van der Waals surface area contributed by atoms with Gasteiger partial charge in [0.05, 0.1) is 17.9 Å². The number of aromatic amines is 1. The summed E-state index contributed by atoms with van der Waals surface area (Å²) in [6.07, 6.45) is 3.38. The number of aryl methyl sites for hydroxylation is 1. The Morgan fingerprint density at radius 3 is 2.75 bits per heavy atom. The van der Waals surface area contributed by atoms with Crippen LogP contribution in [0.15, 0.2) is 30.5 Å². The standard InChI is InChI=1S/C19H23FN6OS/c1-4-5-17-23-24-19(28)25(17)11-18(27)22-12(2)16-10-21-26(13(16)3)15-8-6-14(20)7-9-15/h6-10,12H,4-5,11H2,1-3H3,(H,22,27)(H,24,28). The highest BCUT2D eigenvalue weighted by Gasteiger charge is 2.17. The van der Waals surface area contributed by atoms with E-state index in [4.69, 9.17) is 12.2 Å². The van der Waals surface area contributed by atoms with Crippen molar-refractivity contribution >= 4 is 18.1 Å². The molecule has 0 aliphatic heterocycles. The molecular formula is C19H23FN6OS. The summed E-state index contributed by atoms with van der Waals surface area (Å²) < 4.78 is 17.0. The van der Waals surface area contributed by atoms with Crippen LogP contribution < -0.4 is 5.32 Å². The summed E-state index contributed by atoms with van der Waals surface area (Å²) in [7, 11) is 0. The van der Waals surface area contributed by atoms with Gasteiger partial charge in [0.2, 0.25) is 5.91 Å². The second kappa shape index (κ2) is 8.47. The van der Waals surface area contributed by atoms with Gasteiger partial charge in [0, 0.05) is 17.7 Å². The zero-order valence-electron chi connectivity index (χ0n) is 16.1. The molecule has 3 rings (SSSR count). The maximum absolute atomic E-state index is 13.1. The van der Waals surface area contributed by atoms with Crippen LogP contribution in [0.4, 0.5) is 4.39 Å². The van der Waals surface area contributed by atoms with E-state index in [1.165, 1.54) is 12.1 Å². The van der Waals surface area contributed by atoms with Gasteiger partial charge in [0.15, 0.2) is 4.77 Å². The highest BCUT2D eigenvalue weighted by Crippen LogP contribution is 2.20. The molecule has 2 heterocycles. The Balaban J connectivity index is 1.72. The number of halogens is 1. The van der Waals surface area contributed by atoms with Crippen molar-refractivity contribution in [2.75, 3.05) is 0 Å². The third kappa shape index (κ3) is 4.19. The summed E-state index contributed by atoms with van der Waals surface area (Å²) in [5.74, 6) is 0.321. The van der Waals surface area contributed by atoms with Crippen molar-refractivity contribution in [1.29, 1.82) is 0 Å². The predicted octanol–water partition coefficient (Wildman–Crippen LogP) is 3.40. The van der Waals surface area contributed by atoms with Crippen LogP contribution >= 0.6 is 12.2 Å². The average molecular weight is 402 g/mol. The first-order chi connectivity index (χ1) is 13.4. The number of carbonyl (C=O) groups excluding carboxylic acids is 1. The van der Waals surface area contributed by atoms with Crippen molar-refractivity contribution in [3.8, 4) is 5.69 Å². The third-order valence-electron chi connectivity index (χ3n) is 4.58. The fourth-order valence-corrected chi connectivity index (χ4v) is 3.34. The van der Waals surface area contributed by atoms with Gasteiger partial charge in [-0.3, -0.25) is 14.5 Å². The van der Waals surface area contributed by atoms with Crippen LogP contribution in [0.3, 0.4) is 0 Å². The molecule has 148 valence electrons. The van der Waals surface area contributed by atoms with E-state index in [0.29, 0.717) is 4.77 Å². The second-order valence-corrected chi connectivity index (χ2v) is 7.03. The van der Waals surface area contributed by atoms with Gasteiger partial charge in [-0.05, 0) is 56.8 Å². The molecule has 1 unspecified atom stereocenters. The smallest absolute Gasteiger partial charge is 0.240 e. The van der Waals surface area contributed by atoms with Gasteiger partial charge < -0.3 is 5.32 Å². The molecule has 0 spiro atoms. The van der Waals surface area contributed by atoms with Gasteiger partial charge in [-0.2, -0.15) is 10.2 Å². The van der Waals surface area contributed by atoms with E-state index in [0.717, 1.165) is 35.6 Å². The SMILES string of the molecule is CCCc1n[nH]c(=S)n1CC(=O)NC(C)c1cnn(-c2ccc(F)cc2)c1C. The van der Waals surface area contributed by atoms with Crippen molar-refractivity contribution in [1.82, 2.24) is 29.9 Å². The Morgan fingerprint density at radius 2 is 2.07 bits per heavy atom. The molecule has 0 saturated carbocycles. The number of H-pyrrole nitrogens is 1. The number of amides is 1. The molecule has 1 amide bonds. The molecule has 7 nitrogen and oxygen atoms in total. The zero-order chi connectivity index (χ0) is 20.3. The number of nitrogens with zero attached hydrogens (tertiary/aromatic N) is 4. The van der Waals surface area contributed by atoms with Crippen molar-refractivity contribution < 1.29 is 9.18 Å². The molecule has 1 aromatic carbocycles. The Morgan fingerprint density at radius 1 is 1.36 bits per heavy atom. The minimum atomic E-state index is -0.297. The van der Waals surface area contributed by atoms with Crippen LogP contribution in [0, 0.1) is 17.5 Å². The molecule has 0 fully saturated rings. The first-order valence-corrected chi connectivity index (χ1v) is 9.55. The molecule has 0 bridgehead atoms. The summed E-state index contributed by atoms with van der Waals surface area (Å²) in [6.45, 7) is 5.98. The van der Waals surface area contributed by atoms with Crippen molar-refractivity contribution in [3.05, 3.63) is 58.1 Å². The van der Waals surface area contributed by atoms with Gasteiger partial charge in [-0.1, -0.05) is 6.92 Å². The largest absolute Gasteiger partial charge is 0.348 e. The Labute approximate surface area is 167 Å². The Kier molecular flexibility index (Phi) is 6.03. The molecule has 1 atom stereocenters. The molecule has 2 aromatic heterocycles. The number of carbonyl (C=O) groups is 1. The van der Waals surface area contributed by atoms with E-state index in [-0.39, 0.29) is 24.3 Å². The van der Waals surface area contributed by atoms with E-state index < -0.39 is 0 Å². The highest BCUT2D eigenvalue weighted by molar-refractivity contribution is 7.71. The van der Waals surface area contributed by atoms with E-state index >= 15 is 0 Å². The minimum absolute atomic E-state index is 0.111. The topological polar surface area (TPSA) is 80.5 Å². The monoisotopic (exact) mass is 402 g/mol. The second-order valence-electron chi connectivity index (χ2n) is 6.64. The fourth-order valence-electron chi connectivity index (χ4n) is 3.13. The van der Waals surface area contributed by atoms with E-state index in [1.54, 1.807) is 27.6 Å². The van der Waals surface area contributed by atoms with Gasteiger partial charge in [-0.25, -0.2) is 9.07 Å². The summed E-state index contributed by atoms with van der Waals surface area (Å²) in [4.78, 5) is 12.5. The average Bonchev–Trinajstić information content (AvgIpc) is 3.20. The molecular weight excluding hydrogens is 379 g/mol. The van der Waals surface area contributed by atoms with Gasteiger partial charge in [0.1, 0.15) is 18.2 Å². The van der Waals surface area contributed by atoms with Gasteiger partial charge >= 0.3 is 0 Å². The normalized spacial score (nSPS) is 12.1. The molecule has 28 heavy (non-hydrogen) atoms. The highest BCUT2D eigenvalue weighted by atomic mass is 32.1. The van der Waals surface area contributed by atoms with E-state index in [9.17, 15) is 9.18 Å². The summed E-state index contributed by atoms with van der Waals surface area (Å²) >= 11 is 5.22. The fraction of sp³-hybridized carbons (Fsp3) is 0.368. The first-order valence-electron chi connectivity index (χ1n) is 9.14. The molecule has 0 radical (unpaired) electrons. The Hall–Kier alpha value is -2.81. The maximum Gasteiger partial charge on any atom is 0.240 e. The lowest BCUT2D eigenvalue weighted by Crippen LogP contribution is -2.31. The maximum atomic E-state index is 13.1. The van der Waals surface area contributed by atoms with Gasteiger partial charge in [0.25, 0.3) is 0 Å². The third-order valence-corrected chi connectivity index (χ3v) is 4.89. The molecule has 0 aliphatic carbocycles. The van der Waals surface area contributed by atoms with Crippen LogP contribution in [0.1, 0.15) is 43.4 Å². The molecule has 3 aromatic rings. The van der Waals surface area contributed by atoms with Crippen LogP contribution in [0.5, 0.6) is 0 Å². The number of hydrogen-bond donors (Lipinski definition) is 2. The number of hydrogen-bond acceptors (Lipinski definition) is 4.